The Kier molecular flexibility index (Phi) is 2.69. The fourth-order valence-electron chi connectivity index (χ4n) is 0.838. The summed E-state index contributed by atoms with van der Waals surface area (Å²) >= 11 is 0. The maximum Gasteiger partial charge on any atom is 0.110 e. The molecule has 56 valence electrons. The molecule has 3 heteroatoms. The van der Waals surface area contributed by atoms with Crippen molar-refractivity contribution in [3.8, 4) is 12.3 Å². The van der Waals surface area contributed by atoms with Crippen LogP contribution >= 0.6 is 0 Å². The van der Waals surface area contributed by atoms with Crippen LogP contribution in [0.1, 0.15) is 0 Å². The highest BCUT2D eigenvalue weighted by molar-refractivity contribution is 4.85. The van der Waals surface area contributed by atoms with E-state index < -0.39 is 6.10 Å². The molecular formula is C7H10O3. The van der Waals surface area contributed by atoms with Crippen molar-refractivity contribution in [1.29, 1.82) is 0 Å². The molecule has 2 atom stereocenters. The molecule has 0 aromatic carbocycles. The van der Waals surface area contributed by atoms with Gasteiger partial charge in [-0.2, -0.15) is 0 Å². The molecule has 0 aromatic rings. The Morgan fingerprint density at radius 2 is 2.50 bits per heavy atom. The highest BCUT2D eigenvalue weighted by atomic mass is 16.6. The number of rotatable bonds is 2. The number of ether oxygens (including phenoxy) is 2. The average Bonchev–Trinajstić information content (AvgIpc) is 2.31. The first-order valence-electron chi connectivity index (χ1n) is 3.15. The van der Waals surface area contributed by atoms with E-state index in [1.807, 2.05) is 0 Å². The van der Waals surface area contributed by atoms with Crippen LogP contribution in [0.2, 0.25) is 0 Å². The maximum atomic E-state index is 9.10. The first-order valence-corrected chi connectivity index (χ1v) is 3.15. The predicted molar refractivity (Wildman–Crippen MR) is 35.4 cm³/mol. The maximum absolute atomic E-state index is 9.10. The van der Waals surface area contributed by atoms with E-state index in [1.54, 1.807) is 0 Å². The minimum absolute atomic E-state index is 0.226. The highest BCUT2D eigenvalue weighted by Crippen LogP contribution is 2.08. The summed E-state index contributed by atoms with van der Waals surface area (Å²) < 4.78 is 9.98. The van der Waals surface area contributed by atoms with Crippen LogP contribution in [-0.4, -0.2) is 37.1 Å². The van der Waals surface area contributed by atoms with Gasteiger partial charge in [-0.3, -0.25) is 0 Å². The predicted octanol–water partition coefficient (Wildman–Crippen LogP) is -0.604. The van der Waals surface area contributed by atoms with Crippen molar-refractivity contribution in [2.45, 2.75) is 12.2 Å². The highest BCUT2D eigenvalue weighted by Gasteiger charge is 2.26. The van der Waals surface area contributed by atoms with Crippen molar-refractivity contribution in [3.05, 3.63) is 0 Å². The zero-order chi connectivity index (χ0) is 7.40. The molecule has 1 aliphatic rings. The number of terminal acetylenes is 1. The lowest BCUT2D eigenvalue weighted by atomic mass is 10.3. The van der Waals surface area contributed by atoms with Gasteiger partial charge in [-0.25, -0.2) is 0 Å². The Hall–Kier alpha value is -0.560. The monoisotopic (exact) mass is 142 g/mol. The second kappa shape index (κ2) is 3.57. The molecule has 1 saturated heterocycles. The summed E-state index contributed by atoms with van der Waals surface area (Å²) in [5, 5.41) is 9.10. The van der Waals surface area contributed by atoms with E-state index in [-0.39, 0.29) is 12.7 Å². The number of aliphatic hydroxyl groups excluding tert-OH is 1. The Balaban J connectivity index is 2.21. The molecule has 1 aliphatic heterocycles. The van der Waals surface area contributed by atoms with Crippen molar-refractivity contribution in [2.24, 2.45) is 0 Å². The third-order valence-electron chi connectivity index (χ3n) is 1.38. The standard InChI is InChI=1S/C7H10O3/c1-2-3-10-7-5-9-4-6(7)8/h1,6-8H,3-5H2/t6-,7-/m0/s1. The van der Waals surface area contributed by atoms with Crippen molar-refractivity contribution < 1.29 is 14.6 Å². The zero-order valence-electron chi connectivity index (χ0n) is 5.62. The Morgan fingerprint density at radius 1 is 1.70 bits per heavy atom. The van der Waals surface area contributed by atoms with E-state index >= 15 is 0 Å². The molecule has 3 nitrogen and oxygen atoms in total. The molecule has 0 aromatic heterocycles. The molecule has 0 amide bonds. The van der Waals surface area contributed by atoms with Gasteiger partial charge in [-0.05, 0) is 0 Å². The van der Waals surface area contributed by atoms with Crippen LogP contribution in [0.15, 0.2) is 0 Å². The number of hydrogen-bond acceptors (Lipinski definition) is 3. The van der Waals surface area contributed by atoms with Crippen LogP contribution in [0.25, 0.3) is 0 Å². The lowest BCUT2D eigenvalue weighted by molar-refractivity contribution is 0.00592. The Labute approximate surface area is 59.9 Å². The summed E-state index contributed by atoms with van der Waals surface area (Å²) in [5.41, 5.74) is 0. The van der Waals surface area contributed by atoms with Crippen LogP contribution in [-0.2, 0) is 9.47 Å². The van der Waals surface area contributed by atoms with Crippen molar-refractivity contribution in [1.82, 2.24) is 0 Å². The normalized spacial score (nSPS) is 32.0. The van der Waals surface area contributed by atoms with Crippen LogP contribution in [0.4, 0.5) is 0 Å². The van der Waals surface area contributed by atoms with Gasteiger partial charge in [0.05, 0.1) is 13.2 Å². The molecule has 10 heavy (non-hydrogen) atoms. The van der Waals surface area contributed by atoms with Crippen molar-refractivity contribution in [2.75, 3.05) is 19.8 Å². The Morgan fingerprint density at radius 3 is 3.00 bits per heavy atom. The van der Waals surface area contributed by atoms with Gasteiger partial charge >= 0.3 is 0 Å². The third-order valence-corrected chi connectivity index (χ3v) is 1.38. The van der Waals surface area contributed by atoms with Gasteiger partial charge in [-0.15, -0.1) is 6.42 Å². The van der Waals surface area contributed by atoms with Gasteiger partial charge in [0.15, 0.2) is 0 Å². The van der Waals surface area contributed by atoms with E-state index in [2.05, 4.69) is 5.92 Å². The quantitative estimate of drug-likeness (QED) is 0.523. The second-order valence-corrected chi connectivity index (χ2v) is 2.16. The van der Waals surface area contributed by atoms with E-state index in [0.717, 1.165) is 0 Å². The zero-order valence-corrected chi connectivity index (χ0v) is 5.62. The molecule has 1 fully saturated rings. The average molecular weight is 142 g/mol. The molecule has 1 N–H and O–H groups in total. The molecule has 0 spiro atoms. The summed E-state index contributed by atoms with van der Waals surface area (Å²) in [5.74, 6) is 2.33. The first-order chi connectivity index (χ1) is 4.84. The molecule has 0 radical (unpaired) electrons. The Bertz CT molecular complexity index is 138. The van der Waals surface area contributed by atoms with E-state index in [0.29, 0.717) is 13.2 Å². The minimum atomic E-state index is -0.506. The summed E-state index contributed by atoms with van der Waals surface area (Å²) in [4.78, 5) is 0. The molecule has 0 aliphatic carbocycles. The molecular weight excluding hydrogens is 132 g/mol. The second-order valence-electron chi connectivity index (χ2n) is 2.16. The first kappa shape index (κ1) is 7.55. The van der Waals surface area contributed by atoms with Crippen molar-refractivity contribution >= 4 is 0 Å². The van der Waals surface area contributed by atoms with Gasteiger partial charge in [0.25, 0.3) is 0 Å². The van der Waals surface area contributed by atoms with Crippen LogP contribution in [0.5, 0.6) is 0 Å². The summed E-state index contributed by atoms with van der Waals surface area (Å²) in [6.45, 7) is 1.04. The van der Waals surface area contributed by atoms with Gasteiger partial charge in [0.1, 0.15) is 18.8 Å². The summed E-state index contributed by atoms with van der Waals surface area (Å²) in [6, 6.07) is 0. The van der Waals surface area contributed by atoms with Crippen LogP contribution in [0, 0.1) is 12.3 Å². The molecule has 0 unspecified atom stereocenters. The largest absolute Gasteiger partial charge is 0.388 e. The topological polar surface area (TPSA) is 38.7 Å². The van der Waals surface area contributed by atoms with Crippen LogP contribution < -0.4 is 0 Å². The number of aliphatic hydroxyl groups is 1. The minimum Gasteiger partial charge on any atom is -0.388 e. The van der Waals surface area contributed by atoms with Gasteiger partial charge < -0.3 is 14.6 Å². The van der Waals surface area contributed by atoms with Gasteiger partial charge in [0.2, 0.25) is 0 Å². The van der Waals surface area contributed by atoms with Gasteiger partial charge in [-0.1, -0.05) is 5.92 Å². The SMILES string of the molecule is C#CCO[C@H]1COC[C@@H]1O. The summed E-state index contributed by atoms with van der Waals surface area (Å²) in [7, 11) is 0. The van der Waals surface area contributed by atoms with Gasteiger partial charge in [0, 0.05) is 0 Å². The van der Waals surface area contributed by atoms with E-state index in [9.17, 15) is 0 Å². The number of hydrogen-bond donors (Lipinski definition) is 1. The lowest BCUT2D eigenvalue weighted by Gasteiger charge is -2.10. The van der Waals surface area contributed by atoms with E-state index in [4.69, 9.17) is 21.0 Å². The lowest BCUT2D eigenvalue weighted by Crippen LogP contribution is -2.26. The molecule has 0 saturated carbocycles. The smallest absolute Gasteiger partial charge is 0.110 e. The molecule has 1 heterocycles. The molecule has 1 rings (SSSR count). The fraction of sp³-hybridized carbons (Fsp3) is 0.714. The molecule has 0 bridgehead atoms. The van der Waals surface area contributed by atoms with Crippen molar-refractivity contribution in [3.63, 3.8) is 0 Å². The third kappa shape index (κ3) is 1.71. The van der Waals surface area contributed by atoms with Crippen LogP contribution in [0.3, 0.4) is 0 Å². The fourth-order valence-corrected chi connectivity index (χ4v) is 0.838. The summed E-state index contributed by atoms with van der Waals surface area (Å²) in [6.07, 6.45) is 4.22. The van der Waals surface area contributed by atoms with E-state index in [1.165, 1.54) is 0 Å².